The summed E-state index contributed by atoms with van der Waals surface area (Å²) in [4.78, 5) is 0. The molecule has 0 aliphatic carbocycles. The minimum absolute atomic E-state index is 0.0388. The Morgan fingerprint density at radius 1 is 0.759 bits per heavy atom. The molecule has 1 unspecified atom stereocenters. The minimum atomic E-state index is -4.86. The molecule has 0 fully saturated rings. The monoisotopic (exact) mass is 410 g/mol. The van der Waals surface area contributed by atoms with Crippen LogP contribution in [0.5, 0.6) is 0 Å². The molecule has 0 aliphatic heterocycles. The second kappa shape index (κ2) is 8.09. The lowest BCUT2D eigenvalue weighted by molar-refractivity contribution is -0.143. The van der Waals surface area contributed by atoms with Crippen LogP contribution in [0.25, 0.3) is 10.8 Å². The highest BCUT2D eigenvalue weighted by Crippen LogP contribution is 2.41. The van der Waals surface area contributed by atoms with Crippen LogP contribution in [0.4, 0.5) is 26.3 Å². The summed E-state index contributed by atoms with van der Waals surface area (Å²) in [5.41, 5.74) is -1.77. The average molecular weight is 410 g/mol. The largest absolute Gasteiger partial charge is 0.416 e. The number of halogens is 6. The van der Waals surface area contributed by atoms with E-state index >= 15 is 0 Å². The molecule has 0 radical (unpaired) electrons. The lowest BCUT2D eigenvalue weighted by atomic mass is 9.83. The predicted octanol–water partition coefficient (Wildman–Crippen LogP) is 8.20. The van der Waals surface area contributed by atoms with Gasteiger partial charge in [-0.05, 0) is 46.5 Å². The third kappa shape index (κ3) is 4.74. The molecule has 0 nitrogen and oxygen atoms in total. The summed E-state index contributed by atoms with van der Waals surface area (Å²) in [7, 11) is 0. The van der Waals surface area contributed by atoms with Crippen molar-refractivity contribution in [2.24, 2.45) is 0 Å². The van der Waals surface area contributed by atoms with E-state index in [1.54, 1.807) is 12.1 Å². The first kappa shape index (κ1) is 21.2. The Kier molecular flexibility index (Phi) is 5.92. The topological polar surface area (TPSA) is 0 Å². The summed E-state index contributed by atoms with van der Waals surface area (Å²) in [5, 5.41) is 1.73. The van der Waals surface area contributed by atoms with Crippen LogP contribution >= 0.6 is 0 Å². The van der Waals surface area contributed by atoms with Gasteiger partial charge in [0.05, 0.1) is 11.1 Å². The van der Waals surface area contributed by atoms with Crippen molar-refractivity contribution in [1.29, 1.82) is 0 Å². The third-order valence-corrected chi connectivity index (χ3v) is 5.06. The van der Waals surface area contributed by atoms with Crippen molar-refractivity contribution in [2.75, 3.05) is 0 Å². The lowest BCUT2D eigenvalue weighted by Gasteiger charge is -2.23. The van der Waals surface area contributed by atoms with Crippen molar-refractivity contribution in [2.45, 2.75) is 44.5 Å². The van der Waals surface area contributed by atoms with E-state index in [0.29, 0.717) is 12.8 Å². The van der Waals surface area contributed by atoms with Gasteiger partial charge in [-0.15, -0.1) is 0 Å². The quantitative estimate of drug-likeness (QED) is 0.372. The Balaban J connectivity index is 2.24. The first-order valence-electron chi connectivity index (χ1n) is 9.38. The zero-order valence-electron chi connectivity index (χ0n) is 15.7. The number of fused-ring (bicyclic) bond motifs is 1. The molecular formula is C23H20F6. The average Bonchev–Trinajstić information content (AvgIpc) is 2.67. The predicted molar refractivity (Wildman–Crippen MR) is 102 cm³/mol. The normalized spacial score (nSPS) is 13.6. The van der Waals surface area contributed by atoms with Gasteiger partial charge in [0.2, 0.25) is 0 Å². The molecule has 3 rings (SSSR count). The molecule has 154 valence electrons. The van der Waals surface area contributed by atoms with Crippen LogP contribution in [-0.4, -0.2) is 0 Å². The maximum absolute atomic E-state index is 13.3. The van der Waals surface area contributed by atoms with Crippen LogP contribution in [-0.2, 0) is 12.4 Å². The number of hydrogen-bond donors (Lipinski definition) is 0. The number of unbranched alkanes of at least 4 members (excludes halogenated alkanes) is 1. The molecule has 3 aromatic carbocycles. The van der Waals surface area contributed by atoms with E-state index in [1.165, 1.54) is 0 Å². The molecule has 0 heterocycles. The van der Waals surface area contributed by atoms with Crippen molar-refractivity contribution in [3.05, 3.63) is 82.9 Å². The summed E-state index contributed by atoms with van der Waals surface area (Å²) in [6.07, 6.45) is -7.78. The van der Waals surface area contributed by atoms with Crippen molar-refractivity contribution in [1.82, 2.24) is 0 Å². The fraction of sp³-hybridized carbons (Fsp3) is 0.304. The molecule has 0 amide bonds. The van der Waals surface area contributed by atoms with E-state index in [9.17, 15) is 26.3 Å². The second-order valence-electron chi connectivity index (χ2n) is 7.10. The van der Waals surface area contributed by atoms with E-state index < -0.39 is 29.4 Å². The van der Waals surface area contributed by atoms with E-state index in [0.717, 1.165) is 34.9 Å². The Labute approximate surface area is 165 Å². The highest BCUT2D eigenvalue weighted by atomic mass is 19.4. The van der Waals surface area contributed by atoms with Gasteiger partial charge in [0.25, 0.3) is 0 Å². The van der Waals surface area contributed by atoms with Crippen LogP contribution < -0.4 is 0 Å². The van der Waals surface area contributed by atoms with Gasteiger partial charge in [-0.25, -0.2) is 0 Å². The molecule has 6 heteroatoms. The smallest absolute Gasteiger partial charge is 0.166 e. The van der Waals surface area contributed by atoms with Gasteiger partial charge in [-0.2, -0.15) is 26.3 Å². The zero-order chi connectivity index (χ0) is 21.2. The number of rotatable bonds is 5. The maximum atomic E-state index is 13.3. The van der Waals surface area contributed by atoms with Gasteiger partial charge in [-0.1, -0.05) is 62.2 Å². The molecule has 29 heavy (non-hydrogen) atoms. The van der Waals surface area contributed by atoms with Gasteiger partial charge in [-0.3, -0.25) is 0 Å². The first-order valence-corrected chi connectivity index (χ1v) is 9.38. The summed E-state index contributed by atoms with van der Waals surface area (Å²) < 4.78 is 80.0. The molecule has 0 N–H and O–H groups in total. The van der Waals surface area contributed by atoms with Gasteiger partial charge < -0.3 is 0 Å². The Morgan fingerprint density at radius 3 is 1.93 bits per heavy atom. The highest BCUT2D eigenvalue weighted by molar-refractivity contribution is 5.86. The van der Waals surface area contributed by atoms with Crippen LogP contribution in [0.2, 0.25) is 0 Å². The lowest BCUT2D eigenvalue weighted by Crippen LogP contribution is -2.13. The summed E-state index contributed by atoms with van der Waals surface area (Å²) >= 11 is 0. The molecule has 0 aromatic heterocycles. The summed E-state index contributed by atoms with van der Waals surface area (Å²) in [6.45, 7) is 1.94. The second-order valence-corrected chi connectivity index (χ2v) is 7.10. The Morgan fingerprint density at radius 2 is 1.34 bits per heavy atom. The molecule has 0 saturated carbocycles. The van der Waals surface area contributed by atoms with E-state index in [4.69, 9.17) is 0 Å². The minimum Gasteiger partial charge on any atom is -0.166 e. The van der Waals surface area contributed by atoms with Gasteiger partial charge in [0.1, 0.15) is 0 Å². The van der Waals surface area contributed by atoms with E-state index in [2.05, 4.69) is 0 Å². The standard InChI is InChI=1S/C23H20F6/c1-2-3-9-20(21-11-6-8-15-7-4-5-10-19(15)21)16-12-17(22(24,25)26)14-18(13-16)23(27,28)29/h4-8,10-14,20H,2-3,9H2,1H3. The molecule has 0 saturated heterocycles. The SMILES string of the molecule is CCCCC(c1cc(C(F)(F)F)cc(C(F)(F)F)c1)c1cccc2ccccc12. The maximum Gasteiger partial charge on any atom is 0.416 e. The Bertz CT molecular complexity index is 947. The summed E-state index contributed by atoms with van der Waals surface area (Å²) in [6, 6.07) is 14.7. The highest BCUT2D eigenvalue weighted by Gasteiger charge is 2.37. The fourth-order valence-corrected chi connectivity index (χ4v) is 3.64. The van der Waals surface area contributed by atoms with Gasteiger partial charge in [0.15, 0.2) is 0 Å². The Hall–Kier alpha value is -2.50. The van der Waals surface area contributed by atoms with Gasteiger partial charge in [0, 0.05) is 5.92 Å². The van der Waals surface area contributed by atoms with Crippen LogP contribution in [0.3, 0.4) is 0 Å². The van der Waals surface area contributed by atoms with Crippen molar-refractivity contribution in [3.63, 3.8) is 0 Å². The molecular weight excluding hydrogens is 390 g/mol. The van der Waals surface area contributed by atoms with Gasteiger partial charge >= 0.3 is 12.4 Å². The van der Waals surface area contributed by atoms with Crippen LogP contribution in [0.1, 0.15) is 54.4 Å². The third-order valence-electron chi connectivity index (χ3n) is 5.06. The molecule has 1 atom stereocenters. The fourth-order valence-electron chi connectivity index (χ4n) is 3.64. The number of hydrogen-bond acceptors (Lipinski definition) is 0. The zero-order valence-corrected chi connectivity index (χ0v) is 15.7. The molecule has 0 spiro atoms. The van der Waals surface area contributed by atoms with Crippen molar-refractivity contribution >= 4 is 10.8 Å². The van der Waals surface area contributed by atoms with Crippen molar-refractivity contribution < 1.29 is 26.3 Å². The first-order chi connectivity index (χ1) is 13.6. The van der Waals surface area contributed by atoms with E-state index in [1.807, 2.05) is 37.3 Å². The molecule has 3 aromatic rings. The van der Waals surface area contributed by atoms with E-state index in [-0.39, 0.29) is 11.6 Å². The number of benzene rings is 3. The van der Waals surface area contributed by atoms with Crippen LogP contribution in [0, 0.1) is 0 Å². The number of alkyl halides is 6. The molecule has 0 bridgehead atoms. The molecule has 0 aliphatic rings. The summed E-state index contributed by atoms with van der Waals surface area (Å²) in [5.74, 6) is -0.565. The van der Waals surface area contributed by atoms with Crippen molar-refractivity contribution in [3.8, 4) is 0 Å². The van der Waals surface area contributed by atoms with Crippen LogP contribution in [0.15, 0.2) is 60.7 Å².